The first-order valence-corrected chi connectivity index (χ1v) is 5.32. The molecule has 0 aliphatic rings. The maximum atomic E-state index is 11.9. The van der Waals surface area contributed by atoms with Crippen LogP contribution in [0.2, 0.25) is 0 Å². The Bertz CT molecular complexity index is 471. The van der Waals surface area contributed by atoms with Gasteiger partial charge in [-0.15, -0.1) is 0 Å². The number of aliphatic imine (C=N–C) groups is 1. The van der Waals surface area contributed by atoms with Crippen LogP contribution in [0.15, 0.2) is 29.3 Å². The van der Waals surface area contributed by atoms with Gasteiger partial charge in [0, 0.05) is 18.3 Å². The van der Waals surface area contributed by atoms with E-state index in [9.17, 15) is 9.59 Å². The summed E-state index contributed by atoms with van der Waals surface area (Å²) < 4.78 is 0. The number of aliphatic hydroxyl groups is 1. The normalized spacial score (nSPS) is 12.9. The van der Waals surface area contributed by atoms with E-state index in [0.29, 0.717) is 17.5 Å². The van der Waals surface area contributed by atoms with Gasteiger partial charge in [0.05, 0.1) is 6.61 Å². The molecule has 6 nitrogen and oxygen atoms in total. The number of nitrogens with one attached hydrogen (secondary N) is 1. The summed E-state index contributed by atoms with van der Waals surface area (Å²) in [5, 5.41) is 11.2. The van der Waals surface area contributed by atoms with Crippen molar-refractivity contribution >= 4 is 23.6 Å². The minimum atomic E-state index is -0.945. The quantitative estimate of drug-likeness (QED) is 0.367. The van der Waals surface area contributed by atoms with Gasteiger partial charge in [0.2, 0.25) is 0 Å². The van der Waals surface area contributed by atoms with Gasteiger partial charge in [0.1, 0.15) is 18.0 Å². The van der Waals surface area contributed by atoms with Crippen LogP contribution in [-0.4, -0.2) is 42.7 Å². The van der Waals surface area contributed by atoms with Crippen molar-refractivity contribution in [2.24, 2.45) is 4.99 Å². The third kappa shape index (κ3) is 3.14. The van der Waals surface area contributed by atoms with E-state index in [1.165, 1.54) is 7.05 Å². The second-order valence-corrected chi connectivity index (χ2v) is 3.56. The largest absolute Gasteiger partial charge is 0.398 e. The molecule has 18 heavy (non-hydrogen) atoms. The van der Waals surface area contributed by atoms with E-state index in [1.54, 1.807) is 24.3 Å². The summed E-state index contributed by atoms with van der Waals surface area (Å²) in [6.07, 6.45) is 0.458. The number of carbonyl (C=O) groups excluding carboxylic acids is 2. The van der Waals surface area contributed by atoms with Crippen molar-refractivity contribution in [2.75, 3.05) is 19.4 Å². The minimum Gasteiger partial charge on any atom is -0.398 e. The Labute approximate surface area is 105 Å². The molecule has 1 unspecified atom stereocenters. The second-order valence-electron chi connectivity index (χ2n) is 3.56. The van der Waals surface area contributed by atoms with E-state index >= 15 is 0 Å². The van der Waals surface area contributed by atoms with Gasteiger partial charge in [-0.25, -0.2) is 0 Å². The summed E-state index contributed by atoms with van der Waals surface area (Å²) in [4.78, 5) is 26.3. The molecule has 0 bridgehead atoms. The third-order valence-corrected chi connectivity index (χ3v) is 2.33. The predicted octanol–water partition coefficient (Wildman–Crippen LogP) is -0.636. The zero-order chi connectivity index (χ0) is 13.5. The molecule has 0 heterocycles. The summed E-state index contributed by atoms with van der Waals surface area (Å²) in [5.41, 5.74) is 6.77. The van der Waals surface area contributed by atoms with Crippen molar-refractivity contribution in [3.05, 3.63) is 29.8 Å². The highest BCUT2D eigenvalue weighted by atomic mass is 16.3. The standard InChI is InChI=1S/C12H15N3O3/c1-14-11(9-4-2-3-5-10(9)13)12(18)15-8(6-16)7-17/h2-6,8,17H,7,13H2,1H3,(H,15,18). The molecule has 0 aliphatic carbocycles. The molecule has 0 fully saturated rings. The lowest BCUT2D eigenvalue weighted by molar-refractivity contribution is -0.119. The van der Waals surface area contributed by atoms with Crippen LogP contribution < -0.4 is 11.1 Å². The van der Waals surface area contributed by atoms with Crippen LogP contribution in [0.5, 0.6) is 0 Å². The number of amides is 1. The van der Waals surface area contributed by atoms with Gasteiger partial charge in [0.15, 0.2) is 0 Å². The topological polar surface area (TPSA) is 105 Å². The maximum Gasteiger partial charge on any atom is 0.270 e. The molecule has 0 saturated heterocycles. The number of nitrogen functional groups attached to an aromatic ring is 1. The first-order valence-electron chi connectivity index (χ1n) is 5.32. The third-order valence-electron chi connectivity index (χ3n) is 2.33. The lowest BCUT2D eigenvalue weighted by Gasteiger charge is -2.12. The fourth-order valence-corrected chi connectivity index (χ4v) is 1.42. The van der Waals surface area contributed by atoms with Gasteiger partial charge in [0.25, 0.3) is 5.91 Å². The maximum absolute atomic E-state index is 11.9. The first-order chi connectivity index (χ1) is 8.63. The van der Waals surface area contributed by atoms with Crippen LogP contribution in [-0.2, 0) is 9.59 Å². The van der Waals surface area contributed by atoms with Crippen LogP contribution in [0.3, 0.4) is 0 Å². The summed E-state index contributed by atoms with van der Waals surface area (Å²) >= 11 is 0. The van der Waals surface area contributed by atoms with Gasteiger partial charge in [-0.3, -0.25) is 9.79 Å². The monoisotopic (exact) mass is 249 g/mol. The number of rotatable bonds is 5. The molecule has 96 valence electrons. The van der Waals surface area contributed by atoms with Crippen LogP contribution in [0, 0.1) is 0 Å². The van der Waals surface area contributed by atoms with E-state index in [-0.39, 0.29) is 5.71 Å². The molecule has 1 aromatic carbocycles. The van der Waals surface area contributed by atoms with Crippen molar-refractivity contribution in [1.82, 2.24) is 5.32 Å². The molecule has 0 aliphatic heterocycles. The lowest BCUT2D eigenvalue weighted by Crippen LogP contribution is -2.42. The number of hydrogen-bond donors (Lipinski definition) is 3. The molecule has 0 spiro atoms. The molecular formula is C12H15N3O3. The van der Waals surface area contributed by atoms with E-state index < -0.39 is 18.6 Å². The Morgan fingerprint density at radius 1 is 1.56 bits per heavy atom. The Morgan fingerprint density at radius 3 is 2.72 bits per heavy atom. The van der Waals surface area contributed by atoms with Crippen LogP contribution in [0.1, 0.15) is 5.56 Å². The lowest BCUT2D eigenvalue weighted by atomic mass is 10.1. The average molecular weight is 249 g/mol. The van der Waals surface area contributed by atoms with E-state index in [4.69, 9.17) is 10.8 Å². The number of nitrogens with zero attached hydrogens (tertiary/aromatic N) is 1. The summed E-state index contributed by atoms with van der Waals surface area (Å²) in [6.45, 7) is -0.462. The molecule has 0 radical (unpaired) electrons. The van der Waals surface area contributed by atoms with Crippen LogP contribution in [0.25, 0.3) is 0 Å². The highest BCUT2D eigenvalue weighted by Crippen LogP contribution is 2.12. The first kappa shape index (κ1) is 13.9. The zero-order valence-electron chi connectivity index (χ0n) is 9.96. The summed E-state index contributed by atoms with van der Waals surface area (Å²) in [7, 11) is 1.45. The zero-order valence-corrected chi connectivity index (χ0v) is 9.96. The number of carbonyl (C=O) groups is 2. The molecule has 6 heteroatoms. The SMILES string of the molecule is CN=C(C(=O)NC(C=O)CO)c1ccccc1N. The molecule has 1 atom stereocenters. The highest BCUT2D eigenvalue weighted by molar-refractivity contribution is 6.46. The predicted molar refractivity (Wildman–Crippen MR) is 68.4 cm³/mol. The highest BCUT2D eigenvalue weighted by Gasteiger charge is 2.18. The number of benzene rings is 1. The van der Waals surface area contributed by atoms with Gasteiger partial charge >= 0.3 is 0 Å². The number of hydrogen-bond acceptors (Lipinski definition) is 5. The molecule has 4 N–H and O–H groups in total. The van der Waals surface area contributed by atoms with Crippen LogP contribution in [0.4, 0.5) is 5.69 Å². The van der Waals surface area contributed by atoms with Crippen molar-refractivity contribution in [1.29, 1.82) is 0 Å². The fourth-order valence-electron chi connectivity index (χ4n) is 1.42. The average Bonchev–Trinajstić information content (AvgIpc) is 2.39. The smallest absolute Gasteiger partial charge is 0.270 e. The Hall–Kier alpha value is -2.21. The van der Waals surface area contributed by atoms with Gasteiger partial charge in [-0.05, 0) is 6.07 Å². The number of aldehydes is 1. The van der Waals surface area contributed by atoms with Gasteiger partial charge in [-0.1, -0.05) is 18.2 Å². The minimum absolute atomic E-state index is 0.119. The number of anilines is 1. The molecular weight excluding hydrogens is 234 g/mol. The van der Waals surface area contributed by atoms with E-state index in [2.05, 4.69) is 10.3 Å². The van der Waals surface area contributed by atoms with E-state index in [1.807, 2.05) is 0 Å². The molecule has 1 amide bonds. The molecule has 1 aromatic rings. The van der Waals surface area contributed by atoms with E-state index in [0.717, 1.165) is 0 Å². The molecule has 0 aromatic heterocycles. The number of aliphatic hydroxyl groups excluding tert-OH is 1. The Morgan fingerprint density at radius 2 is 2.22 bits per heavy atom. The van der Waals surface area contributed by atoms with Gasteiger partial charge in [-0.2, -0.15) is 0 Å². The molecule has 0 saturated carbocycles. The van der Waals surface area contributed by atoms with Crippen molar-refractivity contribution in [2.45, 2.75) is 6.04 Å². The summed E-state index contributed by atoms with van der Waals surface area (Å²) in [5.74, 6) is -0.554. The van der Waals surface area contributed by atoms with Crippen molar-refractivity contribution in [3.8, 4) is 0 Å². The Kier molecular flexibility index (Phi) is 5.01. The van der Waals surface area contributed by atoms with Crippen LogP contribution >= 0.6 is 0 Å². The second kappa shape index (κ2) is 6.51. The number of nitrogens with two attached hydrogens (primary N) is 1. The fraction of sp³-hybridized carbons (Fsp3) is 0.250. The van der Waals surface area contributed by atoms with Crippen molar-refractivity contribution < 1.29 is 14.7 Å². The summed E-state index contributed by atoms with van der Waals surface area (Å²) in [6, 6.07) is 5.84. The van der Waals surface area contributed by atoms with Gasteiger partial charge < -0.3 is 21.0 Å². The van der Waals surface area contributed by atoms with Crippen molar-refractivity contribution in [3.63, 3.8) is 0 Å². The Balaban J connectivity index is 2.95. The number of para-hydroxylation sites is 1. The molecule has 1 rings (SSSR count).